The molecule has 9 aromatic rings. The van der Waals surface area contributed by atoms with Gasteiger partial charge < -0.3 is 9.13 Å². The highest BCUT2D eigenvalue weighted by atomic mass is 15.0. The summed E-state index contributed by atoms with van der Waals surface area (Å²) < 4.78 is 4.82. The van der Waals surface area contributed by atoms with Gasteiger partial charge in [0, 0.05) is 33.1 Å². The largest absolute Gasteiger partial charge is 0.309 e. The number of fused-ring (bicyclic) bond motifs is 9. The summed E-state index contributed by atoms with van der Waals surface area (Å²) in [5.41, 5.74) is 11.1. The van der Waals surface area contributed by atoms with Crippen molar-refractivity contribution in [3.05, 3.63) is 175 Å². The van der Waals surface area contributed by atoms with Crippen LogP contribution in [0.5, 0.6) is 0 Å². The minimum Gasteiger partial charge on any atom is -0.309 e. The molecule has 0 aliphatic heterocycles. The fourth-order valence-corrected chi connectivity index (χ4v) is 7.78. The third-order valence-corrected chi connectivity index (χ3v) is 9.93. The molecule has 2 nitrogen and oxygen atoms in total. The van der Waals surface area contributed by atoms with E-state index in [1.807, 2.05) is 0 Å². The van der Waals surface area contributed by atoms with Gasteiger partial charge in [0.15, 0.2) is 0 Å². The maximum Gasteiger partial charge on any atom is 0.0541 e. The van der Waals surface area contributed by atoms with Crippen molar-refractivity contribution < 1.29 is 0 Å². The predicted molar refractivity (Wildman–Crippen MR) is 201 cm³/mol. The van der Waals surface area contributed by atoms with Gasteiger partial charge in [-0.3, -0.25) is 0 Å². The molecule has 2 heterocycles. The summed E-state index contributed by atoms with van der Waals surface area (Å²) in [5, 5.41) is 8.94. The molecule has 0 bridgehead atoms. The number of benzene rings is 7. The van der Waals surface area contributed by atoms with Gasteiger partial charge in [0.2, 0.25) is 0 Å². The summed E-state index contributed by atoms with van der Waals surface area (Å²) in [6, 6.07) is 55.3. The molecule has 10 rings (SSSR count). The zero-order chi connectivity index (χ0) is 30.9. The maximum atomic E-state index is 2.43. The highest BCUT2D eigenvalue weighted by molar-refractivity contribution is 6.12. The van der Waals surface area contributed by atoms with Crippen molar-refractivity contribution in [3.63, 3.8) is 0 Å². The van der Waals surface area contributed by atoms with E-state index in [1.165, 1.54) is 88.0 Å². The average molecular weight is 599 g/mol. The van der Waals surface area contributed by atoms with E-state index in [0.717, 1.165) is 6.42 Å². The molecule has 7 aromatic carbocycles. The second kappa shape index (κ2) is 10.2. The van der Waals surface area contributed by atoms with Gasteiger partial charge >= 0.3 is 0 Å². The Morgan fingerprint density at radius 1 is 0.426 bits per heavy atom. The maximum absolute atomic E-state index is 2.43. The molecule has 1 aliphatic rings. The summed E-state index contributed by atoms with van der Waals surface area (Å²) in [5.74, 6) is 0. The number of hydrogen-bond donors (Lipinski definition) is 0. The van der Waals surface area contributed by atoms with Crippen molar-refractivity contribution in [1.29, 1.82) is 0 Å². The first-order valence-corrected chi connectivity index (χ1v) is 16.3. The lowest BCUT2D eigenvalue weighted by atomic mass is 9.98. The van der Waals surface area contributed by atoms with Crippen LogP contribution < -0.4 is 0 Å². The Labute approximate surface area is 272 Å². The zero-order valence-corrected chi connectivity index (χ0v) is 25.8. The summed E-state index contributed by atoms with van der Waals surface area (Å²) >= 11 is 0. The molecule has 220 valence electrons. The van der Waals surface area contributed by atoms with E-state index >= 15 is 0 Å². The molecule has 0 atom stereocenters. The van der Waals surface area contributed by atoms with E-state index in [9.17, 15) is 0 Å². The normalized spacial score (nSPS) is 13.1. The first-order valence-electron chi connectivity index (χ1n) is 16.3. The minimum absolute atomic E-state index is 0.876. The van der Waals surface area contributed by atoms with Crippen LogP contribution in [0.4, 0.5) is 0 Å². The highest BCUT2D eigenvalue weighted by Crippen LogP contribution is 2.39. The lowest BCUT2D eigenvalue weighted by Crippen LogP contribution is -1.96. The third-order valence-electron chi connectivity index (χ3n) is 9.93. The Morgan fingerprint density at radius 2 is 1.11 bits per heavy atom. The van der Waals surface area contributed by atoms with Gasteiger partial charge in [-0.15, -0.1) is 0 Å². The molecule has 0 spiro atoms. The summed E-state index contributed by atoms with van der Waals surface area (Å²) in [7, 11) is 0. The Balaban J connectivity index is 1.15. The van der Waals surface area contributed by atoms with Crippen molar-refractivity contribution in [3.8, 4) is 11.4 Å². The number of nitrogens with zero attached hydrogens (tertiary/aromatic N) is 2. The van der Waals surface area contributed by atoms with Crippen LogP contribution in [0, 0.1) is 0 Å². The number of allylic oxidation sites excluding steroid dienone is 2. The molecule has 0 unspecified atom stereocenters. The van der Waals surface area contributed by atoms with Gasteiger partial charge in [0.25, 0.3) is 0 Å². The van der Waals surface area contributed by atoms with E-state index in [2.05, 4.69) is 179 Å². The van der Waals surface area contributed by atoms with Crippen LogP contribution in [-0.2, 0) is 0 Å². The van der Waals surface area contributed by atoms with Gasteiger partial charge in [0.1, 0.15) is 0 Å². The molecule has 47 heavy (non-hydrogen) atoms. The van der Waals surface area contributed by atoms with Crippen LogP contribution in [0.2, 0.25) is 0 Å². The van der Waals surface area contributed by atoms with Crippen molar-refractivity contribution >= 4 is 72.0 Å². The summed E-state index contributed by atoms with van der Waals surface area (Å²) in [6.07, 6.45) is 7.92. The SMILES string of the molecule is C1=Cc2c(c3ccccc3n2-c2ccccc2)C=C(c2ccc3c(c2)c2ccccc2n3-c2ccc3c(ccc4ccccc43)c2)C1. The van der Waals surface area contributed by atoms with Gasteiger partial charge in [-0.1, -0.05) is 109 Å². The second-order valence-corrected chi connectivity index (χ2v) is 12.5. The van der Waals surface area contributed by atoms with E-state index in [-0.39, 0.29) is 0 Å². The first-order chi connectivity index (χ1) is 23.3. The molecular weight excluding hydrogens is 569 g/mol. The second-order valence-electron chi connectivity index (χ2n) is 12.5. The van der Waals surface area contributed by atoms with Crippen molar-refractivity contribution in [2.24, 2.45) is 0 Å². The summed E-state index contributed by atoms with van der Waals surface area (Å²) in [4.78, 5) is 0. The molecule has 0 radical (unpaired) electrons. The van der Waals surface area contributed by atoms with Gasteiger partial charge in [-0.2, -0.15) is 0 Å². The Morgan fingerprint density at radius 3 is 1.98 bits per heavy atom. The van der Waals surface area contributed by atoms with Gasteiger partial charge in [0.05, 0.1) is 22.2 Å². The molecule has 2 aromatic heterocycles. The highest BCUT2D eigenvalue weighted by Gasteiger charge is 2.19. The fraction of sp³-hybridized carbons (Fsp3) is 0.0222. The number of aromatic nitrogens is 2. The molecule has 0 fully saturated rings. The van der Waals surface area contributed by atoms with E-state index in [4.69, 9.17) is 0 Å². The predicted octanol–water partition coefficient (Wildman–Crippen LogP) is 12.0. The molecule has 0 saturated carbocycles. The smallest absolute Gasteiger partial charge is 0.0541 e. The fourth-order valence-electron chi connectivity index (χ4n) is 7.78. The Bertz CT molecular complexity index is 2750. The zero-order valence-electron chi connectivity index (χ0n) is 25.8. The van der Waals surface area contributed by atoms with Crippen LogP contribution >= 0.6 is 0 Å². The molecule has 0 amide bonds. The standard InChI is InChI=1S/C45H30N2/c1-2-13-34(14-3-1)46-42-18-8-6-16-38(42)40-28-31(12-10-20-44(40)46)32-23-26-45-41(29-32)39-17-7-9-19-43(39)47(45)35-24-25-37-33(27-35)22-21-30-11-4-5-15-36(30)37/h1-11,13-29H,12H2. The summed E-state index contributed by atoms with van der Waals surface area (Å²) in [6.45, 7) is 0. The monoisotopic (exact) mass is 598 g/mol. The Hall–Kier alpha value is -6.12. The number of hydrogen-bond acceptors (Lipinski definition) is 0. The van der Waals surface area contributed by atoms with Crippen molar-refractivity contribution in [2.75, 3.05) is 0 Å². The van der Waals surface area contributed by atoms with E-state index in [0.29, 0.717) is 0 Å². The Kier molecular flexibility index (Phi) is 5.67. The molecule has 1 aliphatic carbocycles. The van der Waals surface area contributed by atoms with Crippen molar-refractivity contribution in [2.45, 2.75) is 6.42 Å². The van der Waals surface area contributed by atoms with Crippen molar-refractivity contribution in [1.82, 2.24) is 9.13 Å². The van der Waals surface area contributed by atoms with E-state index in [1.54, 1.807) is 0 Å². The third kappa shape index (κ3) is 3.98. The molecule has 2 heteroatoms. The first kappa shape index (κ1) is 26.1. The van der Waals surface area contributed by atoms with Crippen LogP contribution in [0.3, 0.4) is 0 Å². The van der Waals surface area contributed by atoms with Crippen LogP contribution in [-0.4, -0.2) is 9.13 Å². The lowest BCUT2D eigenvalue weighted by molar-refractivity contribution is 1.10. The van der Waals surface area contributed by atoms with E-state index < -0.39 is 0 Å². The molecule has 0 saturated heterocycles. The van der Waals surface area contributed by atoms with Crippen LogP contribution in [0.1, 0.15) is 23.2 Å². The number of para-hydroxylation sites is 3. The van der Waals surface area contributed by atoms with Gasteiger partial charge in [-0.05, 0) is 99.8 Å². The minimum atomic E-state index is 0.876. The quantitative estimate of drug-likeness (QED) is 0.179. The number of rotatable bonds is 3. The van der Waals surface area contributed by atoms with Crippen LogP contribution in [0.25, 0.3) is 83.4 Å². The molecule has 0 N–H and O–H groups in total. The topological polar surface area (TPSA) is 9.86 Å². The average Bonchev–Trinajstić information content (AvgIpc) is 3.53. The van der Waals surface area contributed by atoms with Crippen LogP contribution in [0.15, 0.2) is 158 Å². The van der Waals surface area contributed by atoms with Gasteiger partial charge in [-0.25, -0.2) is 0 Å². The molecular formula is C45H30N2. The lowest BCUT2D eigenvalue weighted by Gasteiger charge is -2.11.